The van der Waals surface area contributed by atoms with Gasteiger partial charge in [-0.1, -0.05) is 18.2 Å². The number of para-hydroxylation sites is 1. The van der Waals surface area contributed by atoms with E-state index in [0.29, 0.717) is 48.8 Å². The molecule has 0 bridgehead atoms. The normalized spacial score (nSPS) is 18.4. The Morgan fingerprint density at radius 1 is 1.10 bits per heavy atom. The number of carbonyl (C=O) groups is 1. The van der Waals surface area contributed by atoms with Gasteiger partial charge >= 0.3 is 0 Å². The molecule has 0 saturated carbocycles. The van der Waals surface area contributed by atoms with Crippen LogP contribution in [0.25, 0.3) is 0 Å². The highest BCUT2D eigenvalue weighted by Gasteiger charge is 2.26. The van der Waals surface area contributed by atoms with E-state index in [-0.39, 0.29) is 10.8 Å². The molecule has 1 amide bonds. The standard InChI is InChI=1S/C21H21N5O3S/c22-14-16-5-3-6-17(13-16)21(27)26-10-4-9-25(11-12-26)15-20-23-18-7-1-2-8-19(18)30(28,29)24-20/h1-3,5-8,13H,4,9-12,15H2,(H,23,24). The molecule has 9 heteroatoms. The van der Waals surface area contributed by atoms with Gasteiger partial charge in [-0.3, -0.25) is 9.69 Å². The first-order valence-electron chi connectivity index (χ1n) is 9.68. The van der Waals surface area contributed by atoms with Gasteiger partial charge < -0.3 is 10.2 Å². The van der Waals surface area contributed by atoms with E-state index in [9.17, 15) is 13.2 Å². The number of fused-ring (bicyclic) bond motifs is 1. The molecule has 2 aromatic rings. The average molecular weight is 423 g/mol. The fourth-order valence-corrected chi connectivity index (χ4v) is 4.82. The van der Waals surface area contributed by atoms with Crippen LogP contribution < -0.4 is 5.32 Å². The molecule has 2 aliphatic heterocycles. The lowest BCUT2D eigenvalue weighted by atomic mass is 10.1. The van der Waals surface area contributed by atoms with E-state index in [4.69, 9.17) is 5.26 Å². The number of nitrogens with one attached hydrogen (secondary N) is 1. The Hall–Kier alpha value is -3.22. The minimum atomic E-state index is -3.71. The molecule has 2 heterocycles. The predicted octanol–water partition coefficient (Wildman–Crippen LogP) is 1.92. The van der Waals surface area contributed by atoms with Crippen molar-refractivity contribution >= 4 is 27.5 Å². The summed E-state index contributed by atoms with van der Waals surface area (Å²) in [4.78, 5) is 16.9. The third-order valence-electron chi connectivity index (χ3n) is 5.16. The summed E-state index contributed by atoms with van der Waals surface area (Å²) in [5, 5.41) is 12.2. The number of carbonyl (C=O) groups excluding carboxylic acids is 1. The molecular weight excluding hydrogens is 402 g/mol. The zero-order valence-corrected chi connectivity index (χ0v) is 17.1. The van der Waals surface area contributed by atoms with Gasteiger partial charge in [0.2, 0.25) is 0 Å². The Labute approximate surface area is 175 Å². The molecule has 0 radical (unpaired) electrons. The number of nitrogens with zero attached hydrogens (tertiary/aromatic N) is 4. The van der Waals surface area contributed by atoms with E-state index in [1.165, 1.54) is 6.07 Å². The van der Waals surface area contributed by atoms with Crippen LogP contribution in [0.3, 0.4) is 0 Å². The molecule has 4 rings (SSSR count). The molecule has 0 aromatic heterocycles. The lowest BCUT2D eigenvalue weighted by Crippen LogP contribution is -2.39. The smallest absolute Gasteiger partial charge is 0.286 e. The van der Waals surface area contributed by atoms with Gasteiger partial charge in [0.15, 0.2) is 0 Å². The Morgan fingerprint density at radius 3 is 2.77 bits per heavy atom. The summed E-state index contributed by atoms with van der Waals surface area (Å²) < 4.78 is 28.8. The van der Waals surface area contributed by atoms with Crippen molar-refractivity contribution in [1.29, 1.82) is 5.26 Å². The lowest BCUT2D eigenvalue weighted by Gasteiger charge is -2.24. The van der Waals surface area contributed by atoms with Gasteiger partial charge in [-0.05, 0) is 36.8 Å². The first-order chi connectivity index (χ1) is 14.5. The van der Waals surface area contributed by atoms with E-state index >= 15 is 0 Å². The minimum Gasteiger partial charge on any atom is -0.341 e. The number of rotatable bonds is 3. The van der Waals surface area contributed by atoms with Gasteiger partial charge in [0, 0.05) is 31.7 Å². The van der Waals surface area contributed by atoms with E-state index in [1.54, 1.807) is 47.4 Å². The molecule has 30 heavy (non-hydrogen) atoms. The second-order valence-corrected chi connectivity index (χ2v) is 8.82. The third-order valence-corrected chi connectivity index (χ3v) is 6.53. The van der Waals surface area contributed by atoms with Crippen molar-refractivity contribution in [1.82, 2.24) is 9.80 Å². The van der Waals surface area contributed by atoms with Crippen molar-refractivity contribution in [3.63, 3.8) is 0 Å². The molecule has 2 aromatic carbocycles. The highest BCUT2D eigenvalue weighted by atomic mass is 32.2. The quantitative estimate of drug-likeness (QED) is 0.809. The summed E-state index contributed by atoms with van der Waals surface area (Å²) >= 11 is 0. The van der Waals surface area contributed by atoms with Crippen molar-refractivity contribution in [2.75, 3.05) is 38.0 Å². The predicted molar refractivity (Wildman–Crippen MR) is 113 cm³/mol. The summed E-state index contributed by atoms with van der Waals surface area (Å²) in [7, 11) is -3.71. The average Bonchev–Trinajstić information content (AvgIpc) is 2.98. The zero-order valence-electron chi connectivity index (χ0n) is 16.3. The molecule has 1 fully saturated rings. The van der Waals surface area contributed by atoms with Crippen LogP contribution in [0.15, 0.2) is 57.8 Å². The van der Waals surface area contributed by atoms with Crippen LogP contribution in [0.5, 0.6) is 0 Å². The Balaban J connectivity index is 1.42. The summed E-state index contributed by atoms with van der Waals surface area (Å²) in [6, 6.07) is 15.5. The number of amidine groups is 1. The molecule has 1 saturated heterocycles. The third kappa shape index (κ3) is 4.20. The van der Waals surface area contributed by atoms with Crippen LogP contribution in [0, 0.1) is 11.3 Å². The number of sulfonamides is 1. The molecule has 1 N–H and O–H groups in total. The molecule has 0 unspecified atom stereocenters. The number of anilines is 1. The van der Waals surface area contributed by atoms with Crippen LogP contribution in [-0.2, 0) is 10.0 Å². The van der Waals surface area contributed by atoms with Crippen LogP contribution in [-0.4, -0.2) is 62.7 Å². The molecule has 154 valence electrons. The van der Waals surface area contributed by atoms with E-state index in [2.05, 4.69) is 20.7 Å². The van der Waals surface area contributed by atoms with Crippen molar-refractivity contribution in [3.05, 3.63) is 59.7 Å². The maximum atomic E-state index is 12.8. The van der Waals surface area contributed by atoms with Crippen molar-refractivity contribution in [2.24, 2.45) is 4.40 Å². The van der Waals surface area contributed by atoms with Crippen LogP contribution in [0.1, 0.15) is 22.3 Å². The zero-order chi connectivity index (χ0) is 21.1. The van der Waals surface area contributed by atoms with Gasteiger partial charge in [0.1, 0.15) is 10.7 Å². The van der Waals surface area contributed by atoms with Crippen LogP contribution in [0.4, 0.5) is 5.69 Å². The minimum absolute atomic E-state index is 0.0985. The number of benzene rings is 2. The first-order valence-corrected chi connectivity index (χ1v) is 11.1. The Bertz CT molecular complexity index is 1150. The number of hydrogen-bond acceptors (Lipinski definition) is 6. The summed E-state index contributed by atoms with van der Waals surface area (Å²) in [6.07, 6.45) is 0.764. The van der Waals surface area contributed by atoms with Gasteiger partial charge in [-0.25, -0.2) is 0 Å². The topological polar surface area (TPSA) is 106 Å². The van der Waals surface area contributed by atoms with Crippen molar-refractivity contribution < 1.29 is 13.2 Å². The van der Waals surface area contributed by atoms with E-state index in [0.717, 1.165) is 13.0 Å². The van der Waals surface area contributed by atoms with Gasteiger partial charge in [-0.2, -0.15) is 13.7 Å². The van der Waals surface area contributed by atoms with Crippen molar-refractivity contribution in [3.8, 4) is 6.07 Å². The van der Waals surface area contributed by atoms with Gasteiger partial charge in [0.05, 0.1) is 23.9 Å². The Kier molecular flexibility index (Phi) is 5.53. The molecule has 0 spiro atoms. The first kappa shape index (κ1) is 20.1. The second-order valence-electron chi connectivity index (χ2n) is 7.25. The number of nitriles is 1. The molecule has 0 atom stereocenters. The van der Waals surface area contributed by atoms with Gasteiger partial charge in [0.25, 0.3) is 15.9 Å². The number of hydrogen-bond donors (Lipinski definition) is 1. The molecular formula is C21H21N5O3S. The molecule has 8 nitrogen and oxygen atoms in total. The van der Waals surface area contributed by atoms with E-state index in [1.807, 2.05) is 0 Å². The summed E-state index contributed by atoms with van der Waals surface area (Å²) in [5.41, 5.74) is 1.50. The SMILES string of the molecule is N#Cc1cccc(C(=O)N2CCCN(CC3=NS(=O)(=O)c4ccccc4N3)CC2)c1. The second kappa shape index (κ2) is 8.26. The van der Waals surface area contributed by atoms with E-state index < -0.39 is 10.0 Å². The van der Waals surface area contributed by atoms with Crippen molar-refractivity contribution in [2.45, 2.75) is 11.3 Å². The number of amides is 1. The monoisotopic (exact) mass is 423 g/mol. The van der Waals surface area contributed by atoms with Crippen LogP contribution in [0.2, 0.25) is 0 Å². The molecule has 2 aliphatic rings. The lowest BCUT2D eigenvalue weighted by molar-refractivity contribution is 0.0762. The fourth-order valence-electron chi connectivity index (χ4n) is 3.68. The Morgan fingerprint density at radius 2 is 1.93 bits per heavy atom. The summed E-state index contributed by atoms with van der Waals surface area (Å²) in [5.74, 6) is 0.286. The highest BCUT2D eigenvalue weighted by Crippen LogP contribution is 2.26. The summed E-state index contributed by atoms with van der Waals surface area (Å²) in [6.45, 7) is 2.81. The molecule has 0 aliphatic carbocycles. The maximum Gasteiger partial charge on any atom is 0.286 e. The fraction of sp³-hybridized carbons (Fsp3) is 0.286. The largest absolute Gasteiger partial charge is 0.341 e. The highest BCUT2D eigenvalue weighted by molar-refractivity contribution is 7.90. The van der Waals surface area contributed by atoms with Crippen LogP contribution >= 0.6 is 0 Å². The van der Waals surface area contributed by atoms with Gasteiger partial charge in [-0.15, -0.1) is 4.40 Å². The maximum absolute atomic E-state index is 12.8.